The molecule has 104 valence electrons. The summed E-state index contributed by atoms with van der Waals surface area (Å²) < 4.78 is 0. The van der Waals surface area contributed by atoms with E-state index in [2.05, 4.69) is 4.98 Å². The van der Waals surface area contributed by atoms with Crippen molar-refractivity contribution in [2.75, 3.05) is 23.8 Å². The van der Waals surface area contributed by atoms with Gasteiger partial charge in [0.2, 0.25) is 0 Å². The van der Waals surface area contributed by atoms with E-state index in [1.165, 1.54) is 12.3 Å². The lowest BCUT2D eigenvalue weighted by Crippen LogP contribution is -2.38. The van der Waals surface area contributed by atoms with Gasteiger partial charge in [-0.1, -0.05) is 12.8 Å². The molecule has 1 saturated heterocycles. The van der Waals surface area contributed by atoms with Crippen LogP contribution in [-0.4, -0.2) is 40.4 Å². The molecule has 4 N–H and O–H groups in total. The van der Waals surface area contributed by atoms with Crippen molar-refractivity contribution >= 4 is 17.5 Å². The van der Waals surface area contributed by atoms with Crippen LogP contribution in [0.3, 0.4) is 0 Å². The Bertz CT molecular complexity index is 464. The van der Waals surface area contributed by atoms with Crippen molar-refractivity contribution in [2.24, 2.45) is 0 Å². The molecule has 2 rings (SSSR count). The third-order valence-electron chi connectivity index (χ3n) is 3.53. The molecule has 2 heterocycles. The van der Waals surface area contributed by atoms with E-state index in [0.717, 1.165) is 32.2 Å². The zero-order valence-corrected chi connectivity index (χ0v) is 10.7. The van der Waals surface area contributed by atoms with E-state index >= 15 is 0 Å². The SMILES string of the molecule is Nc1cnc(N2CCCCCC2CO)cc1C(=O)O. The number of aromatic carboxylic acids is 1. The average Bonchev–Trinajstić information content (AvgIpc) is 2.64. The van der Waals surface area contributed by atoms with Crippen LogP contribution in [0.25, 0.3) is 0 Å². The molecule has 0 aliphatic carbocycles. The first-order valence-corrected chi connectivity index (χ1v) is 6.49. The van der Waals surface area contributed by atoms with E-state index in [-0.39, 0.29) is 23.9 Å². The summed E-state index contributed by atoms with van der Waals surface area (Å²) in [5.74, 6) is -0.482. The van der Waals surface area contributed by atoms with Gasteiger partial charge in [-0.2, -0.15) is 0 Å². The topological polar surface area (TPSA) is 99.7 Å². The minimum atomic E-state index is -1.06. The minimum Gasteiger partial charge on any atom is -0.478 e. The molecule has 6 heteroatoms. The highest BCUT2D eigenvalue weighted by Crippen LogP contribution is 2.25. The lowest BCUT2D eigenvalue weighted by Gasteiger charge is -2.30. The van der Waals surface area contributed by atoms with E-state index in [9.17, 15) is 9.90 Å². The number of pyridine rings is 1. The molecule has 0 spiro atoms. The zero-order chi connectivity index (χ0) is 13.8. The van der Waals surface area contributed by atoms with Gasteiger partial charge in [-0.25, -0.2) is 9.78 Å². The third kappa shape index (κ3) is 2.96. The van der Waals surface area contributed by atoms with Crippen LogP contribution in [0.2, 0.25) is 0 Å². The van der Waals surface area contributed by atoms with Gasteiger partial charge >= 0.3 is 5.97 Å². The summed E-state index contributed by atoms with van der Waals surface area (Å²) in [5.41, 5.74) is 5.83. The number of carboxylic acids is 1. The Morgan fingerprint density at radius 1 is 1.47 bits per heavy atom. The predicted octanol–water partition coefficient (Wildman–Crippen LogP) is 1.10. The highest BCUT2D eigenvalue weighted by atomic mass is 16.4. The van der Waals surface area contributed by atoms with Crippen LogP contribution in [0.15, 0.2) is 12.3 Å². The molecule has 0 aromatic carbocycles. The first-order valence-electron chi connectivity index (χ1n) is 6.49. The van der Waals surface area contributed by atoms with Gasteiger partial charge in [-0.3, -0.25) is 0 Å². The molecule has 1 aliphatic rings. The summed E-state index contributed by atoms with van der Waals surface area (Å²) in [6.45, 7) is 0.829. The van der Waals surface area contributed by atoms with Gasteiger partial charge in [0, 0.05) is 6.54 Å². The summed E-state index contributed by atoms with van der Waals surface area (Å²) in [6.07, 6.45) is 5.48. The van der Waals surface area contributed by atoms with Gasteiger partial charge in [0.1, 0.15) is 5.82 Å². The molecular formula is C13H19N3O3. The summed E-state index contributed by atoms with van der Waals surface area (Å²) >= 11 is 0. The van der Waals surface area contributed by atoms with Gasteiger partial charge < -0.3 is 20.8 Å². The number of nitrogens with two attached hydrogens (primary N) is 1. The monoisotopic (exact) mass is 265 g/mol. The van der Waals surface area contributed by atoms with E-state index < -0.39 is 5.97 Å². The second kappa shape index (κ2) is 5.88. The Labute approximate surface area is 111 Å². The molecule has 1 atom stereocenters. The van der Waals surface area contributed by atoms with Crippen molar-refractivity contribution in [3.8, 4) is 0 Å². The van der Waals surface area contributed by atoms with Crippen LogP contribution < -0.4 is 10.6 Å². The van der Waals surface area contributed by atoms with Gasteiger partial charge in [0.05, 0.1) is 30.1 Å². The zero-order valence-electron chi connectivity index (χ0n) is 10.7. The fourth-order valence-electron chi connectivity index (χ4n) is 2.47. The molecule has 6 nitrogen and oxygen atoms in total. The lowest BCUT2D eigenvalue weighted by molar-refractivity contribution is 0.0698. The molecule has 1 fully saturated rings. The number of aliphatic hydroxyl groups is 1. The average molecular weight is 265 g/mol. The van der Waals surface area contributed by atoms with Gasteiger partial charge in [0.25, 0.3) is 0 Å². The largest absolute Gasteiger partial charge is 0.478 e. The second-order valence-corrected chi connectivity index (χ2v) is 4.81. The highest BCUT2D eigenvalue weighted by Gasteiger charge is 2.23. The smallest absolute Gasteiger partial charge is 0.337 e. The number of nitrogen functional groups attached to an aromatic ring is 1. The third-order valence-corrected chi connectivity index (χ3v) is 3.53. The normalized spacial score (nSPS) is 20.1. The Morgan fingerprint density at radius 2 is 2.26 bits per heavy atom. The van der Waals surface area contributed by atoms with Gasteiger partial charge in [0.15, 0.2) is 0 Å². The van der Waals surface area contributed by atoms with Gasteiger partial charge in [-0.05, 0) is 18.9 Å². The summed E-state index contributed by atoms with van der Waals surface area (Å²) in [6, 6.07) is 1.49. The molecule has 0 radical (unpaired) electrons. The van der Waals surface area contributed by atoms with Crippen LogP contribution in [0.4, 0.5) is 11.5 Å². The number of aliphatic hydroxyl groups excluding tert-OH is 1. The number of hydrogen-bond donors (Lipinski definition) is 3. The van der Waals surface area contributed by atoms with Crippen molar-refractivity contribution in [3.05, 3.63) is 17.8 Å². The Kier molecular flexibility index (Phi) is 4.21. The maximum Gasteiger partial charge on any atom is 0.337 e. The molecule has 0 bridgehead atoms. The maximum atomic E-state index is 11.1. The summed E-state index contributed by atoms with van der Waals surface area (Å²) in [5, 5.41) is 18.6. The second-order valence-electron chi connectivity index (χ2n) is 4.81. The van der Waals surface area contributed by atoms with Gasteiger partial charge in [-0.15, -0.1) is 0 Å². The molecule has 1 unspecified atom stereocenters. The van der Waals surface area contributed by atoms with Crippen molar-refractivity contribution in [1.29, 1.82) is 0 Å². The molecule has 1 aromatic rings. The Hall–Kier alpha value is -1.82. The fraction of sp³-hybridized carbons (Fsp3) is 0.538. The van der Waals surface area contributed by atoms with Crippen molar-refractivity contribution in [1.82, 2.24) is 4.98 Å². The Morgan fingerprint density at radius 3 is 2.95 bits per heavy atom. The van der Waals surface area contributed by atoms with Crippen LogP contribution in [0, 0.1) is 0 Å². The number of carbonyl (C=O) groups is 1. The maximum absolute atomic E-state index is 11.1. The molecule has 0 amide bonds. The van der Waals surface area contributed by atoms with E-state index in [1.807, 2.05) is 4.90 Å². The molecule has 19 heavy (non-hydrogen) atoms. The van der Waals surface area contributed by atoms with Crippen LogP contribution in [-0.2, 0) is 0 Å². The first-order chi connectivity index (χ1) is 9.13. The van der Waals surface area contributed by atoms with Crippen LogP contribution >= 0.6 is 0 Å². The number of carboxylic acid groups (broad SMARTS) is 1. The van der Waals surface area contributed by atoms with Crippen LogP contribution in [0.5, 0.6) is 0 Å². The molecule has 0 saturated carbocycles. The lowest BCUT2D eigenvalue weighted by atomic mass is 10.1. The standard InChI is InChI=1S/C13H19N3O3/c14-11-7-15-12(6-10(11)13(18)19)16-5-3-1-2-4-9(16)8-17/h6-7,9,17H,1-5,8,14H2,(H,18,19). The number of nitrogens with zero attached hydrogens (tertiary/aromatic N) is 2. The fourth-order valence-corrected chi connectivity index (χ4v) is 2.47. The quantitative estimate of drug-likeness (QED) is 0.757. The van der Waals surface area contributed by atoms with E-state index in [4.69, 9.17) is 10.8 Å². The molecular weight excluding hydrogens is 246 g/mol. The Balaban J connectivity index is 2.33. The summed E-state index contributed by atoms with van der Waals surface area (Å²) in [4.78, 5) is 17.3. The van der Waals surface area contributed by atoms with E-state index in [1.54, 1.807) is 0 Å². The number of anilines is 2. The number of hydrogen-bond acceptors (Lipinski definition) is 5. The van der Waals surface area contributed by atoms with Crippen LogP contribution in [0.1, 0.15) is 36.0 Å². The highest BCUT2D eigenvalue weighted by molar-refractivity contribution is 5.94. The van der Waals surface area contributed by atoms with Crippen molar-refractivity contribution < 1.29 is 15.0 Å². The number of rotatable bonds is 3. The molecule has 1 aromatic heterocycles. The first kappa shape index (κ1) is 13.6. The van der Waals surface area contributed by atoms with Crippen molar-refractivity contribution in [2.45, 2.75) is 31.7 Å². The minimum absolute atomic E-state index is 0.000249. The van der Waals surface area contributed by atoms with Crippen molar-refractivity contribution in [3.63, 3.8) is 0 Å². The van der Waals surface area contributed by atoms with E-state index in [0.29, 0.717) is 5.82 Å². The summed E-state index contributed by atoms with van der Waals surface area (Å²) in [7, 11) is 0. The molecule has 1 aliphatic heterocycles. The number of aromatic nitrogens is 1. The predicted molar refractivity (Wildman–Crippen MR) is 72.3 cm³/mol.